The Labute approximate surface area is 124 Å². The van der Waals surface area contributed by atoms with Gasteiger partial charge in [-0.3, -0.25) is 4.68 Å². The molecule has 0 radical (unpaired) electrons. The Morgan fingerprint density at radius 3 is 2.57 bits per heavy atom. The van der Waals surface area contributed by atoms with Gasteiger partial charge in [0.05, 0.1) is 16.7 Å². The molecule has 0 amide bonds. The van der Waals surface area contributed by atoms with E-state index in [1.54, 1.807) is 17.5 Å². The minimum atomic E-state index is -4.58. The number of halogens is 3. The van der Waals surface area contributed by atoms with Crippen molar-refractivity contribution in [3.8, 4) is 0 Å². The van der Waals surface area contributed by atoms with Crippen LogP contribution in [0.4, 0.5) is 13.2 Å². The van der Waals surface area contributed by atoms with E-state index < -0.39 is 32.7 Å². The summed E-state index contributed by atoms with van der Waals surface area (Å²) in [5.74, 6) is -0.481. The fourth-order valence-electron chi connectivity index (χ4n) is 1.81. The van der Waals surface area contributed by atoms with Crippen molar-refractivity contribution in [1.29, 1.82) is 0 Å². The van der Waals surface area contributed by atoms with Crippen LogP contribution in [0.15, 0.2) is 23.6 Å². The summed E-state index contributed by atoms with van der Waals surface area (Å²) in [4.78, 5) is 0.660. The summed E-state index contributed by atoms with van der Waals surface area (Å²) in [6.45, 7) is 1.53. The molecular weight excluding hydrogens is 325 g/mol. The molecule has 0 aliphatic carbocycles. The number of aromatic nitrogens is 2. The maximum Gasteiger partial charge on any atom is 0.435 e. The second kappa shape index (κ2) is 5.45. The lowest BCUT2D eigenvalue weighted by Gasteiger charge is -2.11. The van der Waals surface area contributed by atoms with Gasteiger partial charge in [0, 0.05) is 11.9 Å². The number of nitrogens with zero attached hydrogens (tertiary/aromatic N) is 2. The van der Waals surface area contributed by atoms with Crippen molar-refractivity contribution in [3.05, 3.63) is 39.8 Å². The highest BCUT2D eigenvalue weighted by atomic mass is 32.2. The van der Waals surface area contributed by atoms with Gasteiger partial charge in [0.25, 0.3) is 0 Å². The molecule has 0 aromatic carbocycles. The van der Waals surface area contributed by atoms with E-state index in [4.69, 9.17) is 0 Å². The van der Waals surface area contributed by atoms with Gasteiger partial charge in [-0.25, -0.2) is 8.42 Å². The number of thiophene rings is 1. The Hall–Kier alpha value is -1.35. The van der Waals surface area contributed by atoms with Crippen molar-refractivity contribution in [2.45, 2.75) is 24.1 Å². The van der Waals surface area contributed by atoms with Crippen LogP contribution < -0.4 is 0 Å². The van der Waals surface area contributed by atoms with E-state index in [2.05, 4.69) is 5.10 Å². The van der Waals surface area contributed by atoms with Crippen LogP contribution in [0.2, 0.25) is 0 Å². The van der Waals surface area contributed by atoms with E-state index >= 15 is 0 Å². The van der Waals surface area contributed by atoms with Crippen LogP contribution in [-0.2, 0) is 28.8 Å². The van der Waals surface area contributed by atoms with Crippen LogP contribution in [0.5, 0.6) is 0 Å². The molecule has 0 fully saturated rings. The molecule has 0 saturated carbocycles. The lowest BCUT2D eigenvalue weighted by Crippen LogP contribution is -2.14. The standard InChI is InChI=1S/C12H13F3N2O2S2/c1-8(10-4-3-5-20-10)21(18,19)7-9-6-11(12(13,14)15)16-17(9)2/h3-6,8H,7H2,1-2H3. The van der Waals surface area contributed by atoms with Crippen LogP contribution in [0.25, 0.3) is 0 Å². The van der Waals surface area contributed by atoms with E-state index in [1.807, 2.05) is 0 Å². The fourth-order valence-corrected chi connectivity index (χ4v) is 4.44. The van der Waals surface area contributed by atoms with Gasteiger partial charge in [-0.2, -0.15) is 18.3 Å². The first-order valence-corrected chi connectivity index (χ1v) is 8.56. The molecule has 21 heavy (non-hydrogen) atoms. The molecule has 0 bridgehead atoms. The third-order valence-corrected chi connectivity index (χ3v) is 6.33. The highest BCUT2D eigenvalue weighted by molar-refractivity contribution is 7.91. The molecule has 116 valence electrons. The third kappa shape index (κ3) is 3.46. The molecule has 1 unspecified atom stereocenters. The van der Waals surface area contributed by atoms with E-state index in [1.165, 1.54) is 25.3 Å². The van der Waals surface area contributed by atoms with Crippen molar-refractivity contribution in [3.63, 3.8) is 0 Å². The number of rotatable bonds is 4. The molecule has 2 aromatic heterocycles. The Balaban J connectivity index is 2.27. The van der Waals surface area contributed by atoms with Crippen LogP contribution >= 0.6 is 11.3 Å². The van der Waals surface area contributed by atoms with Crippen molar-refractivity contribution < 1.29 is 21.6 Å². The van der Waals surface area contributed by atoms with Gasteiger partial charge < -0.3 is 0 Å². The first kappa shape index (κ1) is 16.0. The molecule has 1 atom stereocenters. The number of aryl methyl sites for hydroxylation is 1. The van der Waals surface area contributed by atoms with Gasteiger partial charge >= 0.3 is 6.18 Å². The van der Waals surface area contributed by atoms with Crippen LogP contribution in [0.1, 0.15) is 28.4 Å². The predicted molar refractivity (Wildman–Crippen MR) is 73.6 cm³/mol. The predicted octanol–water partition coefficient (Wildman–Crippen LogP) is 3.18. The van der Waals surface area contributed by atoms with Crippen molar-refractivity contribution in [1.82, 2.24) is 9.78 Å². The summed E-state index contributed by atoms with van der Waals surface area (Å²) in [7, 11) is -2.31. The maximum atomic E-state index is 12.6. The van der Waals surface area contributed by atoms with E-state index in [0.29, 0.717) is 4.88 Å². The normalized spacial score (nSPS) is 14.3. The summed E-state index contributed by atoms with van der Waals surface area (Å²) in [5.41, 5.74) is -1.07. The molecule has 4 nitrogen and oxygen atoms in total. The van der Waals surface area contributed by atoms with Gasteiger partial charge in [-0.15, -0.1) is 11.3 Å². The van der Waals surface area contributed by atoms with Crippen molar-refractivity contribution >= 4 is 21.2 Å². The van der Waals surface area contributed by atoms with Gasteiger partial charge in [0.1, 0.15) is 0 Å². The molecular formula is C12H13F3N2O2S2. The molecule has 2 rings (SSSR count). The average Bonchev–Trinajstić information content (AvgIpc) is 2.98. The molecule has 0 N–H and O–H groups in total. The second-order valence-electron chi connectivity index (χ2n) is 4.61. The quantitative estimate of drug-likeness (QED) is 0.860. The number of sulfone groups is 1. The first-order valence-electron chi connectivity index (χ1n) is 5.96. The maximum absolute atomic E-state index is 12.6. The van der Waals surface area contributed by atoms with Gasteiger partial charge in [0.15, 0.2) is 15.5 Å². The highest BCUT2D eigenvalue weighted by Gasteiger charge is 2.35. The topological polar surface area (TPSA) is 52.0 Å². The summed E-state index contributed by atoms with van der Waals surface area (Å²) in [6, 6.07) is 4.20. The molecule has 0 saturated heterocycles. The first-order chi connectivity index (χ1) is 9.61. The Morgan fingerprint density at radius 1 is 1.43 bits per heavy atom. The zero-order valence-electron chi connectivity index (χ0n) is 11.3. The van der Waals surface area contributed by atoms with Crippen LogP contribution in [-0.4, -0.2) is 18.2 Å². The lowest BCUT2D eigenvalue weighted by atomic mass is 10.3. The zero-order chi connectivity index (χ0) is 15.8. The molecule has 2 aromatic rings. The van der Waals surface area contributed by atoms with E-state index in [-0.39, 0.29) is 5.69 Å². The SMILES string of the molecule is CC(c1cccs1)S(=O)(=O)Cc1cc(C(F)(F)F)nn1C. The Morgan fingerprint density at radius 2 is 2.10 bits per heavy atom. The van der Waals surface area contributed by atoms with Crippen molar-refractivity contribution in [2.75, 3.05) is 0 Å². The second-order valence-corrected chi connectivity index (χ2v) is 7.91. The Bertz CT molecular complexity index is 718. The molecule has 0 aliphatic rings. The number of hydrogen-bond donors (Lipinski definition) is 0. The summed E-state index contributed by atoms with van der Waals surface area (Å²) >= 11 is 1.30. The minimum Gasteiger partial charge on any atom is -0.271 e. The zero-order valence-corrected chi connectivity index (χ0v) is 12.9. The van der Waals surface area contributed by atoms with Crippen LogP contribution in [0.3, 0.4) is 0 Å². The fraction of sp³-hybridized carbons (Fsp3) is 0.417. The van der Waals surface area contributed by atoms with Crippen LogP contribution in [0, 0.1) is 0 Å². The van der Waals surface area contributed by atoms with Crippen molar-refractivity contribution in [2.24, 2.45) is 7.05 Å². The third-order valence-electron chi connectivity index (χ3n) is 3.10. The molecule has 0 aliphatic heterocycles. The molecule has 9 heteroatoms. The highest BCUT2D eigenvalue weighted by Crippen LogP contribution is 2.31. The minimum absolute atomic E-state index is 0.0192. The molecule has 2 heterocycles. The summed E-state index contributed by atoms with van der Waals surface area (Å²) in [6.07, 6.45) is -4.58. The van der Waals surface area contributed by atoms with E-state index in [0.717, 1.165) is 10.7 Å². The average molecular weight is 338 g/mol. The lowest BCUT2D eigenvalue weighted by molar-refractivity contribution is -0.141. The monoisotopic (exact) mass is 338 g/mol. The largest absolute Gasteiger partial charge is 0.435 e. The molecule has 0 spiro atoms. The van der Waals surface area contributed by atoms with Gasteiger partial charge in [-0.1, -0.05) is 6.07 Å². The summed E-state index contributed by atoms with van der Waals surface area (Å²) < 4.78 is 63.3. The number of hydrogen-bond acceptors (Lipinski definition) is 4. The van der Waals surface area contributed by atoms with Gasteiger partial charge in [0.2, 0.25) is 0 Å². The number of alkyl halides is 3. The smallest absolute Gasteiger partial charge is 0.271 e. The Kier molecular flexibility index (Phi) is 4.16. The van der Waals surface area contributed by atoms with Gasteiger partial charge in [-0.05, 0) is 24.4 Å². The summed E-state index contributed by atoms with van der Waals surface area (Å²) in [5, 5.41) is 4.31. The van der Waals surface area contributed by atoms with E-state index in [9.17, 15) is 21.6 Å².